The molecule has 3 rings (SSSR count). The Labute approximate surface area is 146 Å². The van der Waals surface area contributed by atoms with E-state index in [1.54, 1.807) is 18.2 Å². The van der Waals surface area contributed by atoms with Gasteiger partial charge in [-0.2, -0.15) is 0 Å². The molecule has 0 N–H and O–H groups in total. The molecule has 0 spiro atoms. The summed E-state index contributed by atoms with van der Waals surface area (Å²) in [5.41, 5.74) is 1.33. The standard InChI is InChI=1S/C21H19FO3/c1-14-6-8-17(9-7-14)21(11-10-20(24)25-21)19(12-15(2)23)16-4-3-5-18(22)13-16/h3-11,13,19H,12H2,1-2H3/t19-,21+/m0/s1. The fourth-order valence-electron chi connectivity index (χ4n) is 3.31. The summed E-state index contributed by atoms with van der Waals surface area (Å²) in [5, 5.41) is 0. The summed E-state index contributed by atoms with van der Waals surface area (Å²) in [7, 11) is 0. The van der Waals surface area contributed by atoms with Crippen LogP contribution < -0.4 is 0 Å². The average molecular weight is 338 g/mol. The van der Waals surface area contributed by atoms with Crippen molar-refractivity contribution in [1.29, 1.82) is 0 Å². The zero-order chi connectivity index (χ0) is 18.0. The van der Waals surface area contributed by atoms with Crippen LogP contribution >= 0.6 is 0 Å². The maximum Gasteiger partial charge on any atom is 0.331 e. The van der Waals surface area contributed by atoms with E-state index in [1.807, 2.05) is 31.2 Å². The van der Waals surface area contributed by atoms with Crippen molar-refractivity contribution in [3.05, 3.63) is 83.2 Å². The monoisotopic (exact) mass is 338 g/mol. The Morgan fingerprint density at radius 1 is 1.20 bits per heavy atom. The van der Waals surface area contributed by atoms with Gasteiger partial charge in [0.25, 0.3) is 0 Å². The molecule has 0 saturated heterocycles. The van der Waals surface area contributed by atoms with Crippen LogP contribution in [0.15, 0.2) is 60.7 Å². The third-order valence-electron chi connectivity index (χ3n) is 4.50. The average Bonchev–Trinajstić information content (AvgIpc) is 2.96. The van der Waals surface area contributed by atoms with Crippen molar-refractivity contribution < 1.29 is 18.7 Å². The fourth-order valence-corrected chi connectivity index (χ4v) is 3.31. The van der Waals surface area contributed by atoms with Gasteiger partial charge in [0, 0.05) is 24.0 Å². The van der Waals surface area contributed by atoms with E-state index in [-0.39, 0.29) is 12.2 Å². The Kier molecular flexibility index (Phi) is 4.53. The summed E-state index contributed by atoms with van der Waals surface area (Å²) in [6.45, 7) is 3.45. The van der Waals surface area contributed by atoms with E-state index in [0.29, 0.717) is 5.56 Å². The van der Waals surface area contributed by atoms with E-state index in [1.165, 1.54) is 25.1 Å². The number of hydrogen-bond acceptors (Lipinski definition) is 3. The van der Waals surface area contributed by atoms with Gasteiger partial charge in [-0.05, 0) is 37.6 Å². The van der Waals surface area contributed by atoms with Gasteiger partial charge in [0.1, 0.15) is 11.6 Å². The number of rotatable bonds is 5. The molecular formula is C21H19FO3. The Morgan fingerprint density at radius 3 is 2.48 bits per heavy atom. The van der Waals surface area contributed by atoms with Crippen LogP contribution in [-0.4, -0.2) is 11.8 Å². The van der Waals surface area contributed by atoms with Gasteiger partial charge < -0.3 is 9.53 Å². The molecule has 1 aliphatic heterocycles. The summed E-state index contributed by atoms with van der Waals surface area (Å²) in [6.07, 6.45) is 3.18. The van der Waals surface area contributed by atoms with Crippen LogP contribution in [-0.2, 0) is 19.9 Å². The lowest BCUT2D eigenvalue weighted by molar-refractivity contribution is -0.149. The number of carbonyl (C=O) groups excluding carboxylic acids is 2. The molecule has 0 fully saturated rings. The summed E-state index contributed by atoms with van der Waals surface area (Å²) in [6, 6.07) is 13.7. The highest BCUT2D eigenvalue weighted by molar-refractivity contribution is 5.86. The predicted octanol–water partition coefficient (Wildman–Crippen LogP) is 4.21. The Balaban J connectivity index is 2.17. The van der Waals surface area contributed by atoms with Crippen LogP contribution in [0.5, 0.6) is 0 Å². The van der Waals surface area contributed by atoms with Gasteiger partial charge in [-0.3, -0.25) is 0 Å². The van der Waals surface area contributed by atoms with Crippen molar-refractivity contribution in [2.24, 2.45) is 0 Å². The zero-order valence-corrected chi connectivity index (χ0v) is 14.2. The minimum Gasteiger partial charge on any atom is -0.446 e. The summed E-state index contributed by atoms with van der Waals surface area (Å²) >= 11 is 0. The summed E-state index contributed by atoms with van der Waals surface area (Å²) in [4.78, 5) is 23.8. The number of benzene rings is 2. The van der Waals surface area contributed by atoms with E-state index >= 15 is 0 Å². The molecule has 1 aliphatic rings. The van der Waals surface area contributed by atoms with Crippen molar-refractivity contribution in [2.75, 3.05) is 0 Å². The smallest absolute Gasteiger partial charge is 0.331 e. The first-order chi connectivity index (χ1) is 11.9. The van der Waals surface area contributed by atoms with Crippen LogP contribution in [0.25, 0.3) is 0 Å². The SMILES string of the molecule is CC(=O)C[C@@H](c1cccc(F)c1)[C@]1(c2ccc(C)cc2)C=CC(=O)O1. The molecule has 4 heteroatoms. The molecule has 2 aromatic carbocycles. The number of hydrogen-bond donors (Lipinski definition) is 0. The molecule has 0 saturated carbocycles. The van der Waals surface area contributed by atoms with Crippen molar-refractivity contribution >= 4 is 11.8 Å². The second kappa shape index (κ2) is 6.63. The van der Waals surface area contributed by atoms with Crippen LogP contribution in [0.2, 0.25) is 0 Å². The number of aryl methyl sites for hydroxylation is 1. The van der Waals surface area contributed by atoms with E-state index in [9.17, 15) is 14.0 Å². The molecule has 128 valence electrons. The highest BCUT2D eigenvalue weighted by Crippen LogP contribution is 2.46. The Morgan fingerprint density at radius 2 is 1.92 bits per heavy atom. The van der Waals surface area contributed by atoms with Crippen LogP contribution in [0.3, 0.4) is 0 Å². The first-order valence-electron chi connectivity index (χ1n) is 8.15. The lowest BCUT2D eigenvalue weighted by atomic mass is 9.75. The first-order valence-corrected chi connectivity index (χ1v) is 8.15. The number of halogens is 1. The van der Waals surface area contributed by atoms with E-state index in [2.05, 4.69) is 0 Å². The largest absolute Gasteiger partial charge is 0.446 e. The van der Waals surface area contributed by atoms with Gasteiger partial charge in [0.05, 0.1) is 0 Å². The molecule has 0 bridgehead atoms. The second-order valence-corrected chi connectivity index (χ2v) is 6.43. The highest BCUT2D eigenvalue weighted by atomic mass is 19.1. The number of ketones is 1. The third-order valence-corrected chi connectivity index (χ3v) is 4.50. The molecule has 0 amide bonds. The molecule has 0 unspecified atom stereocenters. The first kappa shape index (κ1) is 17.1. The topological polar surface area (TPSA) is 43.4 Å². The van der Waals surface area contributed by atoms with Crippen molar-refractivity contribution in [2.45, 2.75) is 31.8 Å². The lowest BCUT2D eigenvalue weighted by Crippen LogP contribution is -2.34. The van der Waals surface area contributed by atoms with E-state index in [4.69, 9.17) is 4.74 Å². The van der Waals surface area contributed by atoms with Gasteiger partial charge in [-0.1, -0.05) is 42.0 Å². The number of carbonyl (C=O) groups is 2. The van der Waals surface area contributed by atoms with Crippen molar-refractivity contribution in [3.63, 3.8) is 0 Å². The quantitative estimate of drug-likeness (QED) is 0.767. The van der Waals surface area contributed by atoms with Crippen LogP contribution in [0.1, 0.15) is 36.0 Å². The molecular weight excluding hydrogens is 319 g/mol. The van der Waals surface area contributed by atoms with Gasteiger partial charge in [0.2, 0.25) is 0 Å². The molecule has 0 radical (unpaired) electrons. The molecule has 25 heavy (non-hydrogen) atoms. The maximum atomic E-state index is 13.8. The number of ether oxygens (including phenoxy) is 1. The molecule has 2 aromatic rings. The summed E-state index contributed by atoms with van der Waals surface area (Å²) in [5.74, 6) is -1.42. The van der Waals surface area contributed by atoms with Gasteiger partial charge in [-0.25, -0.2) is 9.18 Å². The Hall–Kier alpha value is -2.75. The van der Waals surface area contributed by atoms with Gasteiger partial charge in [-0.15, -0.1) is 0 Å². The molecule has 0 aromatic heterocycles. The molecule has 2 atom stereocenters. The predicted molar refractivity (Wildman–Crippen MR) is 92.5 cm³/mol. The number of cyclic esters (lactones) is 1. The Bertz CT molecular complexity index is 838. The number of esters is 1. The highest BCUT2D eigenvalue weighted by Gasteiger charge is 2.46. The minimum absolute atomic E-state index is 0.0582. The lowest BCUT2D eigenvalue weighted by Gasteiger charge is -2.35. The van der Waals surface area contributed by atoms with E-state index < -0.39 is 23.3 Å². The van der Waals surface area contributed by atoms with Gasteiger partial charge in [0.15, 0.2) is 5.60 Å². The van der Waals surface area contributed by atoms with Crippen molar-refractivity contribution in [1.82, 2.24) is 0 Å². The van der Waals surface area contributed by atoms with Crippen LogP contribution in [0, 0.1) is 12.7 Å². The van der Waals surface area contributed by atoms with Gasteiger partial charge >= 0.3 is 5.97 Å². The number of Topliss-reactive ketones (excluding diaryl/α,β-unsaturated/α-hetero) is 1. The zero-order valence-electron chi connectivity index (χ0n) is 14.2. The maximum absolute atomic E-state index is 13.8. The minimum atomic E-state index is -1.12. The molecule has 0 aliphatic carbocycles. The second-order valence-electron chi connectivity index (χ2n) is 6.43. The third kappa shape index (κ3) is 3.38. The van der Waals surface area contributed by atoms with Crippen LogP contribution in [0.4, 0.5) is 4.39 Å². The molecule has 3 nitrogen and oxygen atoms in total. The fraction of sp³-hybridized carbons (Fsp3) is 0.238. The normalized spacial score (nSPS) is 20.4. The molecule has 1 heterocycles. The van der Waals surface area contributed by atoms with E-state index in [0.717, 1.165) is 11.1 Å². The summed E-state index contributed by atoms with van der Waals surface area (Å²) < 4.78 is 19.5. The van der Waals surface area contributed by atoms with Crippen molar-refractivity contribution in [3.8, 4) is 0 Å².